The molecule has 3 rings (SSSR count). The monoisotopic (exact) mass is 374 g/mol. The van der Waals surface area contributed by atoms with E-state index >= 15 is 0 Å². The van der Waals surface area contributed by atoms with Crippen molar-refractivity contribution in [1.82, 2.24) is 10.2 Å². The normalized spacial score (nSPS) is 16.7. The van der Waals surface area contributed by atoms with Crippen LogP contribution in [0.3, 0.4) is 0 Å². The SMILES string of the molecule is CCOc1ccc(C(c2cccc(Cl)c2)N2CCCNCC2)cc1OC. The third kappa shape index (κ3) is 4.50. The summed E-state index contributed by atoms with van der Waals surface area (Å²) < 4.78 is 11.3. The molecule has 0 spiro atoms. The largest absolute Gasteiger partial charge is 0.493 e. The molecule has 0 radical (unpaired) electrons. The third-order valence-electron chi connectivity index (χ3n) is 4.71. The van der Waals surface area contributed by atoms with E-state index in [1.807, 2.05) is 25.1 Å². The number of hydrogen-bond acceptors (Lipinski definition) is 4. The van der Waals surface area contributed by atoms with E-state index in [2.05, 4.69) is 34.5 Å². The van der Waals surface area contributed by atoms with Crippen LogP contribution in [0.4, 0.5) is 0 Å². The van der Waals surface area contributed by atoms with Crippen LogP contribution in [0.1, 0.15) is 30.5 Å². The number of benzene rings is 2. The lowest BCUT2D eigenvalue weighted by molar-refractivity contribution is 0.240. The fourth-order valence-corrected chi connectivity index (χ4v) is 3.74. The first-order valence-corrected chi connectivity index (χ1v) is 9.61. The van der Waals surface area contributed by atoms with Gasteiger partial charge in [0.15, 0.2) is 11.5 Å². The minimum absolute atomic E-state index is 0.137. The molecule has 2 aromatic carbocycles. The highest BCUT2D eigenvalue weighted by molar-refractivity contribution is 6.30. The number of nitrogens with one attached hydrogen (secondary N) is 1. The minimum atomic E-state index is 0.137. The topological polar surface area (TPSA) is 33.7 Å². The predicted molar refractivity (Wildman–Crippen MR) is 107 cm³/mol. The van der Waals surface area contributed by atoms with Gasteiger partial charge in [-0.15, -0.1) is 0 Å². The molecule has 1 fully saturated rings. The van der Waals surface area contributed by atoms with E-state index in [4.69, 9.17) is 21.1 Å². The molecule has 0 saturated carbocycles. The van der Waals surface area contributed by atoms with Crippen LogP contribution in [0.5, 0.6) is 11.5 Å². The van der Waals surface area contributed by atoms with Gasteiger partial charge in [0.2, 0.25) is 0 Å². The van der Waals surface area contributed by atoms with E-state index in [-0.39, 0.29) is 6.04 Å². The van der Waals surface area contributed by atoms with E-state index in [0.717, 1.165) is 49.1 Å². The van der Waals surface area contributed by atoms with E-state index in [0.29, 0.717) is 6.61 Å². The van der Waals surface area contributed by atoms with Crippen molar-refractivity contribution in [2.24, 2.45) is 0 Å². The van der Waals surface area contributed by atoms with Crippen molar-refractivity contribution in [3.63, 3.8) is 0 Å². The summed E-state index contributed by atoms with van der Waals surface area (Å²) in [6.45, 7) is 6.68. The smallest absolute Gasteiger partial charge is 0.161 e. The van der Waals surface area contributed by atoms with Crippen molar-refractivity contribution in [3.05, 3.63) is 58.6 Å². The first-order chi connectivity index (χ1) is 12.7. The maximum atomic E-state index is 6.30. The van der Waals surface area contributed by atoms with Gasteiger partial charge < -0.3 is 14.8 Å². The van der Waals surface area contributed by atoms with Crippen LogP contribution >= 0.6 is 11.6 Å². The third-order valence-corrected chi connectivity index (χ3v) is 4.94. The van der Waals surface area contributed by atoms with Gasteiger partial charge in [0.1, 0.15) is 0 Å². The molecule has 0 amide bonds. The Labute approximate surface area is 161 Å². The van der Waals surface area contributed by atoms with Crippen LogP contribution in [0.25, 0.3) is 0 Å². The maximum Gasteiger partial charge on any atom is 0.161 e. The molecule has 26 heavy (non-hydrogen) atoms. The van der Waals surface area contributed by atoms with E-state index in [1.165, 1.54) is 11.1 Å². The number of methoxy groups -OCH3 is 1. The highest BCUT2D eigenvalue weighted by Gasteiger charge is 2.24. The zero-order valence-corrected chi connectivity index (χ0v) is 16.3. The van der Waals surface area contributed by atoms with Crippen molar-refractivity contribution in [1.29, 1.82) is 0 Å². The molecule has 4 nitrogen and oxygen atoms in total. The van der Waals surface area contributed by atoms with Crippen LogP contribution in [0.2, 0.25) is 5.02 Å². The first-order valence-electron chi connectivity index (χ1n) is 9.24. The molecule has 0 bridgehead atoms. The Morgan fingerprint density at radius 2 is 1.92 bits per heavy atom. The molecule has 5 heteroatoms. The summed E-state index contributed by atoms with van der Waals surface area (Å²) in [6, 6.07) is 14.5. The zero-order valence-electron chi connectivity index (χ0n) is 15.5. The second-order valence-corrected chi connectivity index (χ2v) is 6.88. The highest BCUT2D eigenvalue weighted by Crippen LogP contribution is 2.36. The molecule has 2 aromatic rings. The van der Waals surface area contributed by atoms with Gasteiger partial charge in [-0.25, -0.2) is 0 Å². The Balaban J connectivity index is 2.02. The molecular weight excluding hydrogens is 348 g/mol. The number of ether oxygens (including phenoxy) is 2. The molecular formula is C21H27ClN2O2. The second-order valence-electron chi connectivity index (χ2n) is 6.44. The Morgan fingerprint density at radius 1 is 1.08 bits per heavy atom. The Kier molecular flexibility index (Phi) is 6.78. The van der Waals surface area contributed by atoms with Crippen molar-refractivity contribution >= 4 is 11.6 Å². The Bertz CT molecular complexity index is 715. The van der Waals surface area contributed by atoms with Crippen LogP contribution in [0.15, 0.2) is 42.5 Å². The maximum absolute atomic E-state index is 6.30. The molecule has 0 aliphatic carbocycles. The van der Waals surface area contributed by atoms with Gasteiger partial charge >= 0.3 is 0 Å². The van der Waals surface area contributed by atoms with E-state index in [1.54, 1.807) is 7.11 Å². The summed E-state index contributed by atoms with van der Waals surface area (Å²) in [4.78, 5) is 2.51. The molecule has 1 aliphatic rings. The summed E-state index contributed by atoms with van der Waals surface area (Å²) in [7, 11) is 1.69. The second kappa shape index (κ2) is 9.26. The standard InChI is InChI=1S/C21H27ClN2O2/c1-3-26-19-9-8-17(15-20(19)25-2)21(16-6-4-7-18(22)14-16)24-12-5-10-23-11-13-24/h4,6-9,14-15,21,23H,3,5,10-13H2,1-2H3. The van der Waals surface area contributed by atoms with Gasteiger partial charge in [-0.2, -0.15) is 0 Å². The number of hydrogen-bond donors (Lipinski definition) is 1. The summed E-state index contributed by atoms with van der Waals surface area (Å²) in [5.41, 5.74) is 2.39. The van der Waals surface area contributed by atoms with Gasteiger partial charge in [0, 0.05) is 24.7 Å². The molecule has 1 N–H and O–H groups in total. The van der Waals surface area contributed by atoms with Crippen molar-refractivity contribution < 1.29 is 9.47 Å². The van der Waals surface area contributed by atoms with Crippen molar-refractivity contribution in [2.45, 2.75) is 19.4 Å². The van der Waals surface area contributed by atoms with Crippen LogP contribution < -0.4 is 14.8 Å². The van der Waals surface area contributed by atoms with Crippen LogP contribution in [0, 0.1) is 0 Å². The number of halogens is 1. The lowest BCUT2D eigenvalue weighted by Gasteiger charge is -2.32. The quantitative estimate of drug-likeness (QED) is 0.824. The van der Waals surface area contributed by atoms with Gasteiger partial charge in [-0.3, -0.25) is 4.90 Å². The lowest BCUT2D eigenvalue weighted by atomic mass is 9.96. The predicted octanol–water partition coefficient (Wildman–Crippen LogP) is 4.13. The Hall–Kier alpha value is -1.75. The van der Waals surface area contributed by atoms with Gasteiger partial charge in [-0.1, -0.05) is 29.8 Å². The van der Waals surface area contributed by atoms with Crippen molar-refractivity contribution in [3.8, 4) is 11.5 Å². The van der Waals surface area contributed by atoms with Crippen LogP contribution in [-0.4, -0.2) is 44.8 Å². The molecule has 1 aliphatic heterocycles. The van der Waals surface area contributed by atoms with E-state index in [9.17, 15) is 0 Å². The molecule has 1 unspecified atom stereocenters. The molecule has 1 saturated heterocycles. The fourth-order valence-electron chi connectivity index (χ4n) is 3.54. The van der Waals surface area contributed by atoms with Gasteiger partial charge in [-0.05, 0) is 55.3 Å². The summed E-state index contributed by atoms with van der Waals surface area (Å²) in [5.74, 6) is 1.55. The molecule has 1 atom stereocenters. The first kappa shape index (κ1) is 19.0. The van der Waals surface area contributed by atoms with Crippen molar-refractivity contribution in [2.75, 3.05) is 39.9 Å². The molecule has 0 aromatic heterocycles. The number of nitrogens with zero attached hydrogens (tertiary/aromatic N) is 1. The summed E-state index contributed by atoms with van der Waals surface area (Å²) in [6.07, 6.45) is 1.13. The lowest BCUT2D eigenvalue weighted by Crippen LogP contribution is -2.33. The summed E-state index contributed by atoms with van der Waals surface area (Å²) >= 11 is 6.30. The minimum Gasteiger partial charge on any atom is -0.493 e. The molecule has 1 heterocycles. The average Bonchev–Trinajstić information content (AvgIpc) is 2.93. The molecule has 140 valence electrons. The number of rotatable bonds is 6. The highest BCUT2D eigenvalue weighted by atomic mass is 35.5. The van der Waals surface area contributed by atoms with Crippen LogP contribution in [-0.2, 0) is 0 Å². The fraction of sp³-hybridized carbons (Fsp3) is 0.429. The Morgan fingerprint density at radius 3 is 2.69 bits per heavy atom. The summed E-state index contributed by atoms with van der Waals surface area (Å²) in [5, 5.41) is 4.24. The van der Waals surface area contributed by atoms with Gasteiger partial charge in [0.25, 0.3) is 0 Å². The average molecular weight is 375 g/mol. The van der Waals surface area contributed by atoms with Gasteiger partial charge in [0.05, 0.1) is 19.8 Å². The van der Waals surface area contributed by atoms with E-state index < -0.39 is 0 Å². The zero-order chi connectivity index (χ0) is 18.4.